The van der Waals surface area contributed by atoms with E-state index in [4.69, 9.17) is 0 Å². The molecule has 1 aliphatic carbocycles. The SMILES string of the molecule is CCC1CCCC(NC2CCS(=O)CC2)CC1. The van der Waals surface area contributed by atoms with Crippen LogP contribution in [0.2, 0.25) is 0 Å². The van der Waals surface area contributed by atoms with E-state index in [-0.39, 0.29) is 0 Å². The summed E-state index contributed by atoms with van der Waals surface area (Å²) in [7, 11) is -0.518. The minimum absolute atomic E-state index is 0.518. The van der Waals surface area contributed by atoms with E-state index in [1.54, 1.807) is 0 Å². The molecule has 0 aromatic carbocycles. The Kier molecular flexibility index (Phi) is 5.49. The molecule has 0 aromatic rings. The van der Waals surface area contributed by atoms with Crippen LogP contribution in [0.4, 0.5) is 0 Å². The standard InChI is InChI=1S/C14H27NOS/c1-2-12-4-3-5-13(7-6-12)15-14-8-10-17(16)11-9-14/h12-15H,2-11H2,1H3. The molecule has 0 spiro atoms. The molecular formula is C14H27NOS. The second-order valence-corrected chi connectivity index (χ2v) is 7.46. The highest BCUT2D eigenvalue weighted by atomic mass is 32.2. The Morgan fingerprint density at radius 3 is 2.41 bits per heavy atom. The summed E-state index contributed by atoms with van der Waals surface area (Å²) in [4.78, 5) is 0. The molecule has 2 rings (SSSR count). The summed E-state index contributed by atoms with van der Waals surface area (Å²) in [5, 5.41) is 3.83. The summed E-state index contributed by atoms with van der Waals surface area (Å²) in [6, 6.07) is 1.39. The van der Waals surface area contributed by atoms with Crippen molar-refractivity contribution in [3.05, 3.63) is 0 Å². The predicted molar refractivity (Wildman–Crippen MR) is 74.7 cm³/mol. The molecule has 2 aliphatic rings. The van der Waals surface area contributed by atoms with Crippen LogP contribution in [0.1, 0.15) is 58.3 Å². The summed E-state index contributed by atoms with van der Waals surface area (Å²) in [6.45, 7) is 2.33. The third-order valence-electron chi connectivity index (χ3n) is 4.53. The number of hydrogen-bond acceptors (Lipinski definition) is 2. The summed E-state index contributed by atoms with van der Waals surface area (Å²) < 4.78 is 11.3. The van der Waals surface area contributed by atoms with Gasteiger partial charge in [0, 0.05) is 34.4 Å². The van der Waals surface area contributed by atoms with Crippen molar-refractivity contribution < 1.29 is 4.21 Å². The molecule has 0 radical (unpaired) electrons. The van der Waals surface area contributed by atoms with Crippen LogP contribution in [0.3, 0.4) is 0 Å². The molecule has 2 nitrogen and oxygen atoms in total. The first-order valence-corrected chi connectivity index (χ1v) is 8.87. The number of hydrogen-bond donors (Lipinski definition) is 1. The quantitative estimate of drug-likeness (QED) is 0.788. The van der Waals surface area contributed by atoms with Gasteiger partial charge in [0.2, 0.25) is 0 Å². The van der Waals surface area contributed by atoms with Crippen LogP contribution in [0.25, 0.3) is 0 Å². The van der Waals surface area contributed by atoms with Gasteiger partial charge < -0.3 is 5.32 Å². The van der Waals surface area contributed by atoms with Crippen LogP contribution in [-0.4, -0.2) is 27.8 Å². The Morgan fingerprint density at radius 2 is 1.71 bits per heavy atom. The van der Waals surface area contributed by atoms with Crippen molar-refractivity contribution in [1.29, 1.82) is 0 Å². The average Bonchev–Trinajstić information content (AvgIpc) is 2.57. The Hall–Kier alpha value is 0.110. The molecular weight excluding hydrogens is 230 g/mol. The Balaban J connectivity index is 1.73. The third kappa shape index (κ3) is 4.36. The summed E-state index contributed by atoms with van der Waals surface area (Å²) in [6.07, 6.45) is 10.6. The molecule has 1 aliphatic heterocycles. The molecule has 1 heterocycles. The normalized spacial score (nSPS) is 39.8. The Labute approximate surface area is 108 Å². The Morgan fingerprint density at radius 1 is 1.00 bits per heavy atom. The average molecular weight is 257 g/mol. The van der Waals surface area contributed by atoms with Crippen LogP contribution in [0, 0.1) is 5.92 Å². The van der Waals surface area contributed by atoms with Crippen molar-refractivity contribution in [1.82, 2.24) is 5.32 Å². The molecule has 0 amide bonds. The highest BCUT2D eigenvalue weighted by Crippen LogP contribution is 2.26. The molecule has 100 valence electrons. The van der Waals surface area contributed by atoms with Gasteiger partial charge in [-0.15, -0.1) is 0 Å². The van der Waals surface area contributed by atoms with Crippen LogP contribution < -0.4 is 5.32 Å². The topological polar surface area (TPSA) is 29.1 Å². The molecule has 1 saturated heterocycles. The van der Waals surface area contributed by atoms with Crippen LogP contribution in [-0.2, 0) is 10.8 Å². The zero-order chi connectivity index (χ0) is 12.1. The molecule has 17 heavy (non-hydrogen) atoms. The van der Waals surface area contributed by atoms with E-state index in [0.717, 1.165) is 36.3 Å². The lowest BCUT2D eigenvalue weighted by Crippen LogP contribution is -2.41. The maximum Gasteiger partial charge on any atom is 0.0249 e. The van der Waals surface area contributed by atoms with Crippen molar-refractivity contribution in [2.24, 2.45) is 5.92 Å². The number of rotatable bonds is 3. The van der Waals surface area contributed by atoms with Crippen molar-refractivity contribution in [3.63, 3.8) is 0 Å². The highest BCUT2D eigenvalue weighted by Gasteiger charge is 2.23. The molecule has 0 aromatic heterocycles. The van der Waals surface area contributed by atoms with Gasteiger partial charge in [0.15, 0.2) is 0 Å². The lowest BCUT2D eigenvalue weighted by molar-refractivity contribution is 0.368. The van der Waals surface area contributed by atoms with Gasteiger partial charge in [0.05, 0.1) is 0 Å². The lowest BCUT2D eigenvalue weighted by atomic mass is 9.97. The molecule has 0 bridgehead atoms. The fraction of sp³-hybridized carbons (Fsp3) is 1.00. The van der Waals surface area contributed by atoms with Gasteiger partial charge in [-0.2, -0.15) is 0 Å². The van der Waals surface area contributed by atoms with Gasteiger partial charge in [-0.25, -0.2) is 0 Å². The third-order valence-corrected chi connectivity index (χ3v) is 5.91. The lowest BCUT2D eigenvalue weighted by Gasteiger charge is -2.27. The summed E-state index contributed by atoms with van der Waals surface area (Å²) >= 11 is 0. The number of nitrogens with one attached hydrogen (secondary N) is 1. The summed E-state index contributed by atoms with van der Waals surface area (Å²) in [5.41, 5.74) is 0. The molecule has 1 saturated carbocycles. The van der Waals surface area contributed by atoms with E-state index < -0.39 is 10.8 Å². The van der Waals surface area contributed by atoms with E-state index in [1.165, 1.54) is 38.5 Å². The Bertz CT molecular complexity index is 247. The second kappa shape index (κ2) is 6.89. The van der Waals surface area contributed by atoms with E-state index in [9.17, 15) is 4.21 Å². The fourth-order valence-corrected chi connectivity index (χ4v) is 4.55. The monoisotopic (exact) mass is 257 g/mol. The van der Waals surface area contributed by atoms with E-state index in [0.29, 0.717) is 6.04 Å². The van der Waals surface area contributed by atoms with Gasteiger partial charge in [-0.3, -0.25) is 4.21 Å². The van der Waals surface area contributed by atoms with Gasteiger partial charge in [-0.05, 0) is 38.0 Å². The molecule has 2 unspecified atom stereocenters. The zero-order valence-corrected chi connectivity index (χ0v) is 11.9. The van der Waals surface area contributed by atoms with Gasteiger partial charge in [0.25, 0.3) is 0 Å². The molecule has 1 N–H and O–H groups in total. The maximum atomic E-state index is 11.3. The van der Waals surface area contributed by atoms with Crippen molar-refractivity contribution >= 4 is 10.8 Å². The van der Waals surface area contributed by atoms with E-state index in [2.05, 4.69) is 12.2 Å². The van der Waals surface area contributed by atoms with Crippen LogP contribution in [0.15, 0.2) is 0 Å². The first-order chi connectivity index (χ1) is 8.28. The molecule has 2 atom stereocenters. The smallest absolute Gasteiger partial charge is 0.0249 e. The fourth-order valence-electron chi connectivity index (χ4n) is 3.25. The van der Waals surface area contributed by atoms with E-state index in [1.807, 2.05) is 0 Å². The van der Waals surface area contributed by atoms with Gasteiger partial charge in [-0.1, -0.05) is 26.2 Å². The first-order valence-electron chi connectivity index (χ1n) is 7.39. The highest BCUT2D eigenvalue weighted by molar-refractivity contribution is 7.85. The van der Waals surface area contributed by atoms with Crippen molar-refractivity contribution in [2.75, 3.05) is 11.5 Å². The van der Waals surface area contributed by atoms with E-state index >= 15 is 0 Å². The van der Waals surface area contributed by atoms with Gasteiger partial charge >= 0.3 is 0 Å². The largest absolute Gasteiger partial charge is 0.311 e. The molecule has 3 heteroatoms. The van der Waals surface area contributed by atoms with Crippen LogP contribution >= 0.6 is 0 Å². The van der Waals surface area contributed by atoms with Crippen LogP contribution in [0.5, 0.6) is 0 Å². The van der Waals surface area contributed by atoms with Crippen molar-refractivity contribution in [3.8, 4) is 0 Å². The van der Waals surface area contributed by atoms with Crippen molar-refractivity contribution in [2.45, 2.75) is 70.4 Å². The summed E-state index contributed by atoms with van der Waals surface area (Å²) in [5.74, 6) is 2.81. The molecule has 2 fully saturated rings. The van der Waals surface area contributed by atoms with Gasteiger partial charge in [0.1, 0.15) is 0 Å². The minimum atomic E-state index is -0.518. The maximum absolute atomic E-state index is 11.3. The second-order valence-electron chi connectivity index (χ2n) is 5.77. The predicted octanol–water partition coefficient (Wildman–Crippen LogP) is 2.85. The minimum Gasteiger partial charge on any atom is -0.311 e. The zero-order valence-electron chi connectivity index (χ0n) is 11.1. The first kappa shape index (κ1) is 13.5.